The number of benzene rings is 1. The summed E-state index contributed by atoms with van der Waals surface area (Å²) in [6.45, 7) is 6.33. The van der Waals surface area contributed by atoms with Gasteiger partial charge in [-0.25, -0.2) is 4.79 Å². The van der Waals surface area contributed by atoms with Gasteiger partial charge in [-0.2, -0.15) is 0 Å². The van der Waals surface area contributed by atoms with Crippen LogP contribution in [0.15, 0.2) is 30.3 Å². The second kappa shape index (κ2) is 6.49. The van der Waals surface area contributed by atoms with Gasteiger partial charge in [0.05, 0.1) is 6.04 Å². The van der Waals surface area contributed by atoms with E-state index >= 15 is 0 Å². The molecule has 1 aromatic rings. The topological polar surface area (TPSA) is 64.7 Å². The number of rotatable bonds is 4. The number of fused-ring (bicyclic) bond motifs is 2. The zero-order valence-electron chi connectivity index (χ0n) is 15.6. The van der Waals surface area contributed by atoms with E-state index < -0.39 is 0 Å². The van der Waals surface area contributed by atoms with Crippen LogP contribution in [0.1, 0.15) is 33.1 Å². The maximum Gasteiger partial charge on any atom is 0.317 e. The first-order valence-electron chi connectivity index (χ1n) is 9.61. The molecule has 6 nitrogen and oxygen atoms in total. The minimum absolute atomic E-state index is 0.00824. The lowest BCUT2D eigenvalue weighted by atomic mass is 9.94. The summed E-state index contributed by atoms with van der Waals surface area (Å²) in [5.41, 5.74) is 1.12. The van der Waals surface area contributed by atoms with Crippen LogP contribution in [0.5, 0.6) is 0 Å². The standard InChI is InChI=1S/C20H28N4O2/c1-20(2)11-14(18(25)22-20)8-9-21-19(26)24-13-16-10-17(24)12-23(16)15-6-4-3-5-7-15/h3-7,14,16-17H,8-13H2,1-2H3,(H,21,26)(H,22,25)/t14?,16-,17-/m0/s1. The fourth-order valence-electron chi connectivity index (χ4n) is 4.73. The van der Waals surface area contributed by atoms with Gasteiger partial charge in [0.15, 0.2) is 0 Å². The average Bonchev–Trinajstić information content (AvgIpc) is 3.28. The molecule has 1 aromatic carbocycles. The largest absolute Gasteiger partial charge is 0.365 e. The van der Waals surface area contributed by atoms with E-state index in [0.717, 1.165) is 25.9 Å². The number of anilines is 1. The normalized spacial score (nSPS) is 29.2. The van der Waals surface area contributed by atoms with Crippen molar-refractivity contribution in [1.29, 1.82) is 0 Å². The number of urea groups is 1. The predicted molar refractivity (Wildman–Crippen MR) is 101 cm³/mol. The number of nitrogens with one attached hydrogen (secondary N) is 2. The van der Waals surface area contributed by atoms with Gasteiger partial charge in [0.25, 0.3) is 0 Å². The molecule has 2 N–H and O–H groups in total. The summed E-state index contributed by atoms with van der Waals surface area (Å²) in [5.74, 6) is 0.122. The zero-order valence-corrected chi connectivity index (χ0v) is 15.6. The van der Waals surface area contributed by atoms with Gasteiger partial charge in [0.2, 0.25) is 5.91 Å². The molecule has 3 atom stereocenters. The third-order valence-corrected chi connectivity index (χ3v) is 5.95. The first-order valence-corrected chi connectivity index (χ1v) is 9.61. The molecule has 6 heteroatoms. The van der Waals surface area contributed by atoms with E-state index in [1.54, 1.807) is 0 Å². The molecule has 0 spiro atoms. The maximum absolute atomic E-state index is 12.6. The van der Waals surface area contributed by atoms with Crippen molar-refractivity contribution in [3.05, 3.63) is 30.3 Å². The maximum atomic E-state index is 12.6. The fourth-order valence-corrected chi connectivity index (χ4v) is 4.73. The summed E-state index contributed by atoms with van der Waals surface area (Å²) < 4.78 is 0. The van der Waals surface area contributed by atoms with E-state index in [1.807, 2.05) is 24.8 Å². The highest BCUT2D eigenvalue weighted by atomic mass is 16.2. The molecule has 0 radical (unpaired) electrons. The molecule has 3 heterocycles. The van der Waals surface area contributed by atoms with Gasteiger partial charge >= 0.3 is 6.03 Å². The average molecular weight is 356 g/mol. The summed E-state index contributed by atoms with van der Waals surface area (Å²) in [4.78, 5) is 28.9. The van der Waals surface area contributed by atoms with Crippen LogP contribution in [0.2, 0.25) is 0 Å². The Hall–Kier alpha value is -2.24. The molecule has 3 fully saturated rings. The van der Waals surface area contributed by atoms with Crippen LogP contribution in [0, 0.1) is 5.92 Å². The molecule has 140 valence electrons. The highest BCUT2D eigenvalue weighted by molar-refractivity contribution is 5.82. The van der Waals surface area contributed by atoms with Crippen LogP contribution in [-0.4, -0.2) is 54.1 Å². The van der Waals surface area contributed by atoms with Crippen molar-refractivity contribution < 1.29 is 9.59 Å². The SMILES string of the molecule is CC1(C)CC(CCNC(=O)N2C[C@@H]3C[C@H]2CN3c2ccccc2)C(=O)N1. The molecule has 3 aliphatic rings. The van der Waals surface area contributed by atoms with E-state index in [2.05, 4.69) is 39.8 Å². The summed E-state index contributed by atoms with van der Waals surface area (Å²) in [6.07, 6.45) is 2.59. The van der Waals surface area contributed by atoms with Crippen molar-refractivity contribution in [3.8, 4) is 0 Å². The lowest BCUT2D eigenvalue weighted by Gasteiger charge is -2.35. The number of nitrogens with zero attached hydrogens (tertiary/aromatic N) is 2. The fraction of sp³-hybridized carbons (Fsp3) is 0.600. The van der Waals surface area contributed by atoms with Gasteiger partial charge in [-0.1, -0.05) is 18.2 Å². The number of likely N-dealkylation sites (tertiary alicyclic amines) is 1. The highest BCUT2D eigenvalue weighted by Crippen LogP contribution is 2.34. The van der Waals surface area contributed by atoms with Crippen molar-refractivity contribution in [2.45, 2.75) is 50.7 Å². The third kappa shape index (κ3) is 3.24. The number of hydrogen-bond donors (Lipinski definition) is 2. The first kappa shape index (κ1) is 17.2. The van der Waals surface area contributed by atoms with Crippen LogP contribution in [-0.2, 0) is 4.79 Å². The molecule has 26 heavy (non-hydrogen) atoms. The minimum atomic E-state index is -0.124. The molecule has 2 bridgehead atoms. The Labute approximate surface area is 154 Å². The molecule has 0 aliphatic carbocycles. The van der Waals surface area contributed by atoms with Gasteiger partial charge in [-0.3, -0.25) is 4.79 Å². The Morgan fingerprint density at radius 2 is 2.00 bits per heavy atom. The Kier molecular flexibility index (Phi) is 4.29. The minimum Gasteiger partial charge on any atom is -0.365 e. The monoisotopic (exact) mass is 356 g/mol. The van der Waals surface area contributed by atoms with E-state index in [9.17, 15) is 9.59 Å². The van der Waals surface area contributed by atoms with Gasteiger partial charge in [0, 0.05) is 42.8 Å². The molecule has 3 aliphatic heterocycles. The lowest BCUT2D eigenvalue weighted by molar-refractivity contribution is -0.122. The first-order chi connectivity index (χ1) is 12.4. The van der Waals surface area contributed by atoms with Gasteiger partial charge in [-0.05, 0) is 45.2 Å². The van der Waals surface area contributed by atoms with Crippen molar-refractivity contribution in [2.75, 3.05) is 24.5 Å². The van der Waals surface area contributed by atoms with Crippen molar-refractivity contribution in [1.82, 2.24) is 15.5 Å². The number of carbonyl (C=O) groups is 2. The number of amides is 3. The van der Waals surface area contributed by atoms with Crippen LogP contribution >= 0.6 is 0 Å². The predicted octanol–water partition coefficient (Wildman–Crippen LogP) is 1.96. The van der Waals surface area contributed by atoms with E-state index in [4.69, 9.17) is 0 Å². The Balaban J connectivity index is 1.26. The summed E-state index contributed by atoms with van der Waals surface area (Å²) in [5, 5.41) is 6.04. The number of carbonyl (C=O) groups excluding carboxylic acids is 2. The zero-order chi connectivity index (χ0) is 18.3. The van der Waals surface area contributed by atoms with Crippen molar-refractivity contribution in [2.24, 2.45) is 5.92 Å². The highest BCUT2D eigenvalue weighted by Gasteiger charge is 2.45. The van der Waals surface area contributed by atoms with Crippen LogP contribution in [0.4, 0.5) is 10.5 Å². The van der Waals surface area contributed by atoms with Crippen molar-refractivity contribution in [3.63, 3.8) is 0 Å². The molecule has 1 unspecified atom stereocenters. The third-order valence-electron chi connectivity index (χ3n) is 5.95. The summed E-state index contributed by atoms with van der Waals surface area (Å²) in [6, 6.07) is 11.1. The lowest BCUT2D eigenvalue weighted by Crippen LogP contribution is -2.52. The van der Waals surface area contributed by atoms with Crippen LogP contribution in [0.25, 0.3) is 0 Å². The summed E-state index contributed by atoms with van der Waals surface area (Å²) >= 11 is 0. The van der Waals surface area contributed by atoms with Gasteiger partial charge in [-0.15, -0.1) is 0 Å². The van der Waals surface area contributed by atoms with E-state index in [1.165, 1.54) is 5.69 Å². The van der Waals surface area contributed by atoms with E-state index in [0.29, 0.717) is 19.0 Å². The molecule has 0 saturated carbocycles. The van der Waals surface area contributed by atoms with Gasteiger partial charge in [0.1, 0.15) is 0 Å². The molecule has 3 amide bonds. The Bertz CT molecular complexity index is 690. The number of hydrogen-bond acceptors (Lipinski definition) is 3. The molecule has 0 aromatic heterocycles. The molecular formula is C20H28N4O2. The quantitative estimate of drug-likeness (QED) is 0.867. The van der Waals surface area contributed by atoms with Crippen LogP contribution < -0.4 is 15.5 Å². The Morgan fingerprint density at radius 3 is 2.62 bits per heavy atom. The van der Waals surface area contributed by atoms with E-state index in [-0.39, 0.29) is 29.4 Å². The number of para-hydroxylation sites is 1. The number of piperazine rings is 1. The second-order valence-corrected chi connectivity index (χ2v) is 8.48. The Morgan fingerprint density at radius 1 is 1.23 bits per heavy atom. The summed E-state index contributed by atoms with van der Waals surface area (Å²) in [7, 11) is 0. The smallest absolute Gasteiger partial charge is 0.317 e. The molecule has 3 saturated heterocycles. The van der Waals surface area contributed by atoms with Gasteiger partial charge < -0.3 is 20.4 Å². The molecule has 4 rings (SSSR count). The second-order valence-electron chi connectivity index (χ2n) is 8.48. The van der Waals surface area contributed by atoms with Crippen molar-refractivity contribution >= 4 is 17.6 Å². The van der Waals surface area contributed by atoms with Crippen LogP contribution in [0.3, 0.4) is 0 Å². The molecular weight excluding hydrogens is 328 g/mol.